The van der Waals surface area contributed by atoms with Gasteiger partial charge in [0.05, 0.1) is 25.6 Å². The summed E-state index contributed by atoms with van der Waals surface area (Å²) in [5.41, 5.74) is 5.39. The van der Waals surface area contributed by atoms with Gasteiger partial charge in [0.2, 0.25) is 0 Å². The van der Waals surface area contributed by atoms with Crippen LogP contribution in [-0.2, 0) is 4.74 Å². The maximum atomic E-state index is 9.85. The van der Waals surface area contributed by atoms with E-state index in [-0.39, 0.29) is 11.5 Å². The molecule has 1 aliphatic carbocycles. The lowest BCUT2D eigenvalue weighted by atomic mass is 10.1. The van der Waals surface area contributed by atoms with Crippen LogP contribution in [0, 0.1) is 0 Å². The van der Waals surface area contributed by atoms with E-state index in [0.29, 0.717) is 5.56 Å². The Labute approximate surface area is 176 Å². The van der Waals surface area contributed by atoms with E-state index in [2.05, 4.69) is 45.4 Å². The minimum Gasteiger partial charge on any atom is -0.508 e. The summed E-state index contributed by atoms with van der Waals surface area (Å²) >= 11 is 0. The number of benzene rings is 2. The molecule has 1 fully saturated rings. The summed E-state index contributed by atoms with van der Waals surface area (Å²) in [6, 6.07) is 14.7. The van der Waals surface area contributed by atoms with Crippen LogP contribution in [0.3, 0.4) is 0 Å². The zero-order valence-electron chi connectivity index (χ0n) is 16.7. The van der Waals surface area contributed by atoms with Gasteiger partial charge < -0.3 is 19.8 Å². The van der Waals surface area contributed by atoms with Crippen molar-refractivity contribution >= 4 is 18.5 Å². The van der Waals surface area contributed by atoms with Gasteiger partial charge in [-0.1, -0.05) is 30.3 Å². The number of phenolic OH excluding ortho intramolecular Hbond substituents is 2. The van der Waals surface area contributed by atoms with E-state index < -0.39 is 0 Å². The fraction of sp³-hybridized carbons (Fsp3) is 0.250. The van der Waals surface area contributed by atoms with Crippen LogP contribution in [0.1, 0.15) is 24.0 Å². The standard InChI is InChI=1S/C24H25N3O3/c28-22-9-8-20(23(29)15-22)16-25-26-17-21-7-6-19(14-18-4-2-1-3-5-18)24(21)27-10-12-30-13-11-27/h1-5,8-9,14-17,28-29H,6-7,10-13H2/b19-14?,25-16+,26-17?. The first kappa shape index (κ1) is 19.9. The molecule has 1 heterocycles. The fourth-order valence-electron chi connectivity index (χ4n) is 3.76. The smallest absolute Gasteiger partial charge is 0.128 e. The summed E-state index contributed by atoms with van der Waals surface area (Å²) in [5, 5.41) is 27.5. The molecule has 2 aliphatic rings. The second-order valence-corrected chi connectivity index (χ2v) is 7.29. The second kappa shape index (κ2) is 9.41. The predicted molar refractivity (Wildman–Crippen MR) is 119 cm³/mol. The molecule has 0 bridgehead atoms. The highest BCUT2D eigenvalue weighted by atomic mass is 16.5. The van der Waals surface area contributed by atoms with E-state index >= 15 is 0 Å². The minimum atomic E-state index is -0.0314. The van der Waals surface area contributed by atoms with E-state index in [4.69, 9.17) is 4.74 Å². The molecule has 4 rings (SSSR count). The molecule has 2 aromatic carbocycles. The zero-order valence-corrected chi connectivity index (χ0v) is 16.7. The number of rotatable bonds is 5. The van der Waals surface area contributed by atoms with Crippen LogP contribution in [-0.4, -0.2) is 53.8 Å². The topological polar surface area (TPSA) is 77.7 Å². The average Bonchev–Trinajstić information content (AvgIpc) is 3.16. The molecule has 6 heteroatoms. The van der Waals surface area contributed by atoms with E-state index in [0.717, 1.165) is 44.7 Å². The number of hydrogen-bond acceptors (Lipinski definition) is 6. The first-order chi connectivity index (χ1) is 14.7. The molecule has 1 aliphatic heterocycles. The third kappa shape index (κ3) is 4.78. The Hall–Kier alpha value is -3.38. The number of aromatic hydroxyl groups is 2. The maximum Gasteiger partial charge on any atom is 0.128 e. The summed E-state index contributed by atoms with van der Waals surface area (Å²) in [4.78, 5) is 2.38. The van der Waals surface area contributed by atoms with Gasteiger partial charge in [0, 0.05) is 30.4 Å². The van der Waals surface area contributed by atoms with Gasteiger partial charge >= 0.3 is 0 Å². The summed E-state index contributed by atoms with van der Waals surface area (Å²) in [7, 11) is 0. The van der Waals surface area contributed by atoms with Crippen LogP contribution < -0.4 is 0 Å². The van der Waals surface area contributed by atoms with Crippen LogP contribution in [0.2, 0.25) is 0 Å². The summed E-state index contributed by atoms with van der Waals surface area (Å²) in [5.74, 6) is -0.0201. The molecule has 0 spiro atoms. The minimum absolute atomic E-state index is 0.0112. The summed E-state index contributed by atoms with van der Waals surface area (Å²) < 4.78 is 5.53. The molecule has 154 valence electrons. The number of phenols is 2. The molecule has 0 radical (unpaired) electrons. The van der Waals surface area contributed by atoms with Crippen molar-refractivity contribution in [1.29, 1.82) is 0 Å². The molecule has 30 heavy (non-hydrogen) atoms. The van der Waals surface area contributed by atoms with Crippen molar-refractivity contribution < 1.29 is 14.9 Å². The maximum absolute atomic E-state index is 9.85. The third-order valence-corrected chi connectivity index (χ3v) is 5.23. The number of hydrogen-bond donors (Lipinski definition) is 2. The Kier molecular flexibility index (Phi) is 6.25. The van der Waals surface area contributed by atoms with E-state index in [1.54, 1.807) is 6.07 Å². The van der Waals surface area contributed by atoms with Gasteiger partial charge in [0.15, 0.2) is 0 Å². The zero-order chi connectivity index (χ0) is 20.8. The van der Waals surface area contributed by atoms with Crippen molar-refractivity contribution in [2.75, 3.05) is 26.3 Å². The van der Waals surface area contributed by atoms with Gasteiger partial charge in [0.1, 0.15) is 11.5 Å². The highest BCUT2D eigenvalue weighted by molar-refractivity contribution is 5.86. The van der Waals surface area contributed by atoms with Crippen LogP contribution in [0.15, 0.2) is 75.6 Å². The lowest BCUT2D eigenvalue weighted by Gasteiger charge is -2.31. The van der Waals surface area contributed by atoms with Gasteiger partial charge in [0.25, 0.3) is 0 Å². The molecular formula is C24H25N3O3. The molecule has 0 amide bonds. The van der Waals surface area contributed by atoms with Crippen molar-refractivity contribution in [3.63, 3.8) is 0 Å². The van der Waals surface area contributed by atoms with Crippen LogP contribution in [0.25, 0.3) is 6.08 Å². The first-order valence-electron chi connectivity index (χ1n) is 10.1. The summed E-state index contributed by atoms with van der Waals surface area (Å²) in [6.45, 7) is 3.18. The Morgan fingerprint density at radius 1 is 0.900 bits per heavy atom. The largest absolute Gasteiger partial charge is 0.508 e. The second-order valence-electron chi connectivity index (χ2n) is 7.29. The van der Waals surface area contributed by atoms with E-state index in [1.807, 2.05) is 12.3 Å². The highest BCUT2D eigenvalue weighted by Crippen LogP contribution is 2.35. The van der Waals surface area contributed by atoms with Crippen molar-refractivity contribution in [2.24, 2.45) is 10.2 Å². The molecule has 6 nitrogen and oxygen atoms in total. The Bertz CT molecular complexity index is 1000. The molecule has 0 aromatic heterocycles. The SMILES string of the molecule is Oc1ccc(/C=N/N=CC2=C(N3CCOCC3)C(=Cc3ccccc3)CC2)c(O)c1. The number of morpholine rings is 1. The van der Waals surface area contributed by atoms with Gasteiger partial charge in [-0.15, -0.1) is 0 Å². The Balaban J connectivity index is 1.59. The molecule has 0 saturated carbocycles. The van der Waals surface area contributed by atoms with Gasteiger partial charge in [-0.2, -0.15) is 10.2 Å². The fourth-order valence-corrected chi connectivity index (χ4v) is 3.76. The third-order valence-electron chi connectivity index (χ3n) is 5.23. The molecule has 0 unspecified atom stereocenters. The van der Waals surface area contributed by atoms with Gasteiger partial charge in [-0.25, -0.2) is 0 Å². The van der Waals surface area contributed by atoms with Crippen LogP contribution in [0.5, 0.6) is 11.5 Å². The Morgan fingerprint density at radius 3 is 2.43 bits per heavy atom. The predicted octanol–water partition coefficient (Wildman–Crippen LogP) is 3.97. The lowest BCUT2D eigenvalue weighted by Crippen LogP contribution is -2.36. The molecule has 0 atom stereocenters. The molecular weight excluding hydrogens is 378 g/mol. The first-order valence-corrected chi connectivity index (χ1v) is 10.1. The Morgan fingerprint density at radius 2 is 1.67 bits per heavy atom. The van der Waals surface area contributed by atoms with Crippen molar-refractivity contribution in [2.45, 2.75) is 12.8 Å². The normalized spacial score (nSPS) is 18.9. The lowest BCUT2D eigenvalue weighted by molar-refractivity contribution is 0.0548. The molecule has 2 aromatic rings. The van der Waals surface area contributed by atoms with Crippen molar-refractivity contribution in [3.8, 4) is 11.5 Å². The number of nitrogens with zero attached hydrogens (tertiary/aromatic N) is 3. The van der Waals surface area contributed by atoms with Gasteiger partial charge in [-0.3, -0.25) is 0 Å². The monoisotopic (exact) mass is 403 g/mol. The van der Waals surface area contributed by atoms with Crippen LogP contribution in [0.4, 0.5) is 0 Å². The van der Waals surface area contributed by atoms with Crippen molar-refractivity contribution in [1.82, 2.24) is 4.90 Å². The number of ether oxygens (including phenoxy) is 1. The molecule has 1 saturated heterocycles. The van der Waals surface area contributed by atoms with E-state index in [1.165, 1.54) is 35.2 Å². The summed E-state index contributed by atoms with van der Waals surface area (Å²) in [6.07, 6.45) is 7.42. The van der Waals surface area contributed by atoms with Crippen LogP contribution >= 0.6 is 0 Å². The quantitative estimate of drug-likeness (QED) is 0.585. The molecule has 2 N–H and O–H groups in total. The average molecular weight is 403 g/mol. The van der Waals surface area contributed by atoms with Gasteiger partial charge in [-0.05, 0) is 47.8 Å². The number of allylic oxidation sites excluding steroid dienone is 2. The van der Waals surface area contributed by atoms with Crippen molar-refractivity contribution in [3.05, 3.63) is 76.5 Å². The van der Waals surface area contributed by atoms with E-state index in [9.17, 15) is 10.2 Å². The highest BCUT2D eigenvalue weighted by Gasteiger charge is 2.25.